The van der Waals surface area contributed by atoms with E-state index in [0.29, 0.717) is 12.0 Å². The van der Waals surface area contributed by atoms with Crippen LogP contribution in [0.5, 0.6) is 0 Å². The summed E-state index contributed by atoms with van der Waals surface area (Å²) in [5.74, 6) is -0.398. The first-order valence-electron chi connectivity index (χ1n) is 5.82. The maximum absolute atomic E-state index is 13.4. The Balaban J connectivity index is 1.65. The van der Waals surface area contributed by atoms with Gasteiger partial charge in [-0.15, -0.1) is 0 Å². The van der Waals surface area contributed by atoms with Gasteiger partial charge >= 0.3 is 5.97 Å². The van der Waals surface area contributed by atoms with Crippen molar-refractivity contribution in [3.8, 4) is 0 Å². The quantitative estimate of drug-likeness (QED) is 0.442. The molecule has 2 atom stereocenters. The Morgan fingerprint density at radius 1 is 1.44 bits per heavy atom. The minimum absolute atomic E-state index is 0.122. The van der Waals surface area contributed by atoms with Gasteiger partial charge in [0.1, 0.15) is 6.61 Å². The minimum Gasteiger partial charge on any atom is -0.460 e. The van der Waals surface area contributed by atoms with Crippen LogP contribution in [0, 0.1) is 0 Å². The Hall–Kier alpha value is -1.68. The lowest BCUT2D eigenvalue weighted by Gasteiger charge is -2.06. The summed E-state index contributed by atoms with van der Waals surface area (Å²) in [6.07, 6.45) is 1.15. The van der Waals surface area contributed by atoms with Crippen molar-refractivity contribution in [2.45, 2.75) is 18.2 Å². The summed E-state index contributed by atoms with van der Waals surface area (Å²) in [5.41, 5.74) is -0.890. The first-order valence-corrected chi connectivity index (χ1v) is 5.82. The van der Waals surface area contributed by atoms with Gasteiger partial charge < -0.3 is 9.47 Å². The fourth-order valence-corrected chi connectivity index (χ4v) is 1.62. The molecule has 1 unspecified atom stereocenters. The molecule has 1 aromatic rings. The molecule has 0 amide bonds. The number of esters is 1. The Morgan fingerprint density at radius 2 is 2.17 bits per heavy atom. The van der Waals surface area contributed by atoms with Crippen LogP contribution in [0.2, 0.25) is 0 Å². The smallest absolute Gasteiger partial charge is 0.338 e. The number of alkyl halides is 1. The van der Waals surface area contributed by atoms with E-state index in [1.54, 1.807) is 24.3 Å². The summed E-state index contributed by atoms with van der Waals surface area (Å²) >= 11 is 0. The lowest BCUT2D eigenvalue weighted by atomic mass is 10.2. The van der Waals surface area contributed by atoms with Gasteiger partial charge in [0.15, 0.2) is 5.67 Å². The van der Waals surface area contributed by atoms with Crippen molar-refractivity contribution < 1.29 is 18.7 Å². The molecule has 1 fully saturated rings. The van der Waals surface area contributed by atoms with Crippen molar-refractivity contribution in [1.82, 2.24) is 0 Å². The highest BCUT2D eigenvalue weighted by molar-refractivity contribution is 5.89. The third-order valence-electron chi connectivity index (χ3n) is 2.86. The molecule has 0 aliphatic heterocycles. The maximum Gasteiger partial charge on any atom is 0.338 e. The lowest BCUT2D eigenvalue weighted by Crippen LogP contribution is -2.14. The standard InChI is InChI=1S/C14H15FO3/c1-2-14(15)10-12(14)17-8-9-18-13(16)11-6-4-3-5-7-11/h2-7,12H,1,8-10H2/t12?,14-/m1/s1. The number of halogens is 1. The molecule has 0 heterocycles. The van der Waals surface area contributed by atoms with E-state index in [-0.39, 0.29) is 13.2 Å². The van der Waals surface area contributed by atoms with Gasteiger partial charge in [0.05, 0.1) is 18.3 Å². The molecule has 96 valence electrons. The second-order valence-corrected chi connectivity index (χ2v) is 4.20. The van der Waals surface area contributed by atoms with Gasteiger partial charge in [-0.2, -0.15) is 0 Å². The lowest BCUT2D eigenvalue weighted by molar-refractivity contribution is 0.0222. The minimum atomic E-state index is -1.39. The van der Waals surface area contributed by atoms with Crippen LogP contribution in [0.1, 0.15) is 16.8 Å². The number of benzene rings is 1. The molecule has 3 nitrogen and oxygen atoms in total. The Kier molecular flexibility index (Phi) is 3.77. The van der Waals surface area contributed by atoms with Gasteiger partial charge in [-0.3, -0.25) is 0 Å². The summed E-state index contributed by atoms with van der Waals surface area (Å²) in [6.45, 7) is 3.72. The van der Waals surface area contributed by atoms with E-state index >= 15 is 0 Å². The van der Waals surface area contributed by atoms with Crippen LogP contribution in [-0.2, 0) is 9.47 Å². The highest BCUT2D eigenvalue weighted by atomic mass is 19.1. The topological polar surface area (TPSA) is 35.5 Å². The van der Waals surface area contributed by atoms with Gasteiger partial charge in [-0.05, 0) is 12.1 Å². The van der Waals surface area contributed by atoms with Crippen LogP contribution in [0.3, 0.4) is 0 Å². The monoisotopic (exact) mass is 250 g/mol. The van der Waals surface area contributed by atoms with Crippen molar-refractivity contribution in [3.63, 3.8) is 0 Å². The molecule has 0 N–H and O–H groups in total. The fourth-order valence-electron chi connectivity index (χ4n) is 1.62. The van der Waals surface area contributed by atoms with Crippen molar-refractivity contribution in [2.24, 2.45) is 0 Å². The van der Waals surface area contributed by atoms with Crippen LogP contribution < -0.4 is 0 Å². The maximum atomic E-state index is 13.4. The number of ether oxygens (including phenoxy) is 2. The third-order valence-corrected chi connectivity index (χ3v) is 2.86. The first kappa shape index (κ1) is 12.8. The highest BCUT2D eigenvalue weighted by Gasteiger charge is 2.54. The third kappa shape index (κ3) is 2.96. The van der Waals surface area contributed by atoms with Crippen LogP contribution in [0.4, 0.5) is 4.39 Å². The van der Waals surface area contributed by atoms with Gasteiger partial charge in [0, 0.05) is 6.42 Å². The fraction of sp³-hybridized carbons (Fsp3) is 0.357. The number of carbonyl (C=O) groups is 1. The van der Waals surface area contributed by atoms with Crippen molar-refractivity contribution in [2.75, 3.05) is 13.2 Å². The summed E-state index contributed by atoms with van der Waals surface area (Å²) in [6, 6.07) is 8.70. The summed E-state index contributed by atoms with van der Waals surface area (Å²) in [7, 11) is 0. The predicted octanol–water partition coefficient (Wildman–Crippen LogP) is 2.53. The Bertz CT molecular complexity index is 432. The molecule has 0 radical (unpaired) electrons. The molecule has 1 saturated carbocycles. The number of carbonyl (C=O) groups excluding carboxylic acids is 1. The SMILES string of the molecule is C=C[C@@]1(F)CC1OCCOC(=O)c1ccccc1. The zero-order valence-electron chi connectivity index (χ0n) is 9.97. The molecule has 0 aromatic heterocycles. The molecular formula is C14H15FO3. The average Bonchev–Trinajstić information content (AvgIpc) is 3.07. The van der Waals surface area contributed by atoms with Crippen LogP contribution in [-0.4, -0.2) is 31.0 Å². The average molecular weight is 250 g/mol. The zero-order chi connectivity index (χ0) is 13.0. The van der Waals surface area contributed by atoms with E-state index in [1.165, 1.54) is 6.08 Å². The molecule has 1 aliphatic carbocycles. The Morgan fingerprint density at radius 3 is 2.78 bits per heavy atom. The van der Waals surface area contributed by atoms with E-state index < -0.39 is 17.7 Å². The van der Waals surface area contributed by atoms with E-state index in [2.05, 4.69) is 6.58 Å². The second kappa shape index (κ2) is 5.31. The molecule has 18 heavy (non-hydrogen) atoms. The van der Waals surface area contributed by atoms with Crippen molar-refractivity contribution in [1.29, 1.82) is 0 Å². The van der Waals surface area contributed by atoms with E-state index in [9.17, 15) is 9.18 Å². The molecule has 0 saturated heterocycles. The molecular weight excluding hydrogens is 235 g/mol. The summed E-state index contributed by atoms with van der Waals surface area (Å²) in [4.78, 5) is 11.5. The Labute approximate surface area is 105 Å². The predicted molar refractivity (Wildman–Crippen MR) is 65.1 cm³/mol. The number of hydrogen-bond donors (Lipinski definition) is 0. The van der Waals surface area contributed by atoms with Crippen LogP contribution in [0.15, 0.2) is 43.0 Å². The number of hydrogen-bond acceptors (Lipinski definition) is 3. The number of rotatable bonds is 6. The highest BCUT2D eigenvalue weighted by Crippen LogP contribution is 2.43. The van der Waals surface area contributed by atoms with Crippen LogP contribution >= 0.6 is 0 Å². The summed E-state index contributed by atoms with van der Waals surface area (Å²) in [5, 5.41) is 0. The van der Waals surface area contributed by atoms with Crippen molar-refractivity contribution in [3.05, 3.63) is 48.6 Å². The largest absolute Gasteiger partial charge is 0.460 e. The summed E-state index contributed by atoms with van der Waals surface area (Å²) < 4.78 is 23.6. The molecule has 1 aromatic carbocycles. The van der Waals surface area contributed by atoms with E-state index in [4.69, 9.17) is 9.47 Å². The molecule has 0 spiro atoms. The molecule has 2 rings (SSSR count). The molecule has 4 heteroatoms. The van der Waals surface area contributed by atoms with Gasteiger partial charge in [-0.25, -0.2) is 9.18 Å². The zero-order valence-corrected chi connectivity index (χ0v) is 9.97. The molecule has 1 aliphatic rings. The molecule has 0 bridgehead atoms. The van der Waals surface area contributed by atoms with Crippen molar-refractivity contribution >= 4 is 5.97 Å². The van der Waals surface area contributed by atoms with E-state index in [1.807, 2.05) is 6.07 Å². The second-order valence-electron chi connectivity index (χ2n) is 4.20. The van der Waals surface area contributed by atoms with Gasteiger partial charge in [0.25, 0.3) is 0 Å². The van der Waals surface area contributed by atoms with Crippen LogP contribution in [0.25, 0.3) is 0 Å². The first-order chi connectivity index (χ1) is 8.65. The van der Waals surface area contributed by atoms with E-state index in [0.717, 1.165) is 0 Å². The van der Waals surface area contributed by atoms with Gasteiger partial charge in [0.2, 0.25) is 0 Å². The normalized spacial score (nSPS) is 25.5. The van der Waals surface area contributed by atoms with Gasteiger partial charge in [-0.1, -0.05) is 30.9 Å².